The molecular formula is C13H23N3. The average Bonchev–Trinajstić information content (AvgIpc) is 2.26. The van der Waals surface area contributed by atoms with Gasteiger partial charge >= 0.3 is 0 Å². The lowest BCUT2D eigenvalue weighted by molar-refractivity contribution is 0.573. The number of aryl methyl sites for hydroxylation is 2. The first-order valence-corrected chi connectivity index (χ1v) is 6.20. The summed E-state index contributed by atoms with van der Waals surface area (Å²) >= 11 is 0. The molecule has 0 aliphatic rings. The lowest BCUT2D eigenvalue weighted by atomic mass is 10.1. The summed E-state index contributed by atoms with van der Waals surface area (Å²) in [6, 6.07) is 2.04. The van der Waals surface area contributed by atoms with Gasteiger partial charge in [0.1, 0.15) is 11.6 Å². The summed E-state index contributed by atoms with van der Waals surface area (Å²) in [7, 11) is 1.91. The van der Waals surface area contributed by atoms with Gasteiger partial charge in [-0.15, -0.1) is 0 Å². The van der Waals surface area contributed by atoms with Crippen molar-refractivity contribution in [3.8, 4) is 0 Å². The van der Waals surface area contributed by atoms with Crippen LogP contribution in [0.15, 0.2) is 6.07 Å². The second-order valence-electron chi connectivity index (χ2n) is 4.59. The van der Waals surface area contributed by atoms with Crippen molar-refractivity contribution in [2.24, 2.45) is 5.92 Å². The molecule has 1 aromatic heterocycles. The molecule has 0 radical (unpaired) electrons. The van der Waals surface area contributed by atoms with Crippen molar-refractivity contribution in [1.82, 2.24) is 9.97 Å². The third-order valence-corrected chi connectivity index (χ3v) is 2.53. The summed E-state index contributed by atoms with van der Waals surface area (Å²) < 4.78 is 0. The zero-order chi connectivity index (χ0) is 12.0. The number of nitrogens with zero attached hydrogens (tertiary/aromatic N) is 2. The fourth-order valence-electron chi connectivity index (χ4n) is 1.59. The Morgan fingerprint density at radius 3 is 2.56 bits per heavy atom. The maximum Gasteiger partial charge on any atom is 0.131 e. The first-order valence-electron chi connectivity index (χ1n) is 6.20. The highest BCUT2D eigenvalue weighted by Crippen LogP contribution is 2.11. The molecule has 3 heteroatoms. The SMILES string of the molecule is CCCc1cc(NC)nc(CCC(C)C)n1. The molecule has 0 aliphatic heterocycles. The first-order chi connectivity index (χ1) is 7.65. The van der Waals surface area contributed by atoms with Gasteiger partial charge in [-0.1, -0.05) is 27.2 Å². The molecule has 1 N–H and O–H groups in total. The van der Waals surface area contributed by atoms with Crippen LogP contribution in [-0.4, -0.2) is 17.0 Å². The van der Waals surface area contributed by atoms with Crippen molar-refractivity contribution in [2.75, 3.05) is 12.4 Å². The third kappa shape index (κ3) is 4.17. The van der Waals surface area contributed by atoms with Gasteiger partial charge in [-0.3, -0.25) is 0 Å². The van der Waals surface area contributed by atoms with Gasteiger partial charge in [0.05, 0.1) is 0 Å². The van der Waals surface area contributed by atoms with E-state index in [2.05, 4.69) is 36.1 Å². The fraction of sp³-hybridized carbons (Fsp3) is 0.692. The van der Waals surface area contributed by atoms with Crippen LogP contribution in [0.3, 0.4) is 0 Å². The minimum Gasteiger partial charge on any atom is -0.373 e. The normalized spacial score (nSPS) is 10.8. The van der Waals surface area contributed by atoms with E-state index in [1.54, 1.807) is 0 Å². The Morgan fingerprint density at radius 1 is 1.25 bits per heavy atom. The molecule has 0 amide bonds. The summed E-state index contributed by atoms with van der Waals surface area (Å²) in [5, 5.41) is 3.10. The molecule has 1 aromatic rings. The van der Waals surface area contributed by atoms with Gasteiger partial charge in [0, 0.05) is 25.2 Å². The van der Waals surface area contributed by atoms with E-state index < -0.39 is 0 Å². The van der Waals surface area contributed by atoms with E-state index in [-0.39, 0.29) is 0 Å². The Bertz CT molecular complexity index is 321. The van der Waals surface area contributed by atoms with Crippen molar-refractivity contribution < 1.29 is 0 Å². The zero-order valence-corrected chi connectivity index (χ0v) is 10.9. The Kier molecular flexibility index (Phi) is 5.23. The van der Waals surface area contributed by atoms with E-state index in [0.717, 1.165) is 43.0 Å². The van der Waals surface area contributed by atoms with Crippen LogP contribution < -0.4 is 5.32 Å². The van der Waals surface area contributed by atoms with E-state index in [1.807, 2.05) is 13.1 Å². The predicted octanol–water partition coefficient (Wildman–Crippen LogP) is 3.06. The van der Waals surface area contributed by atoms with Gasteiger partial charge in [-0.2, -0.15) is 0 Å². The van der Waals surface area contributed by atoms with Gasteiger partial charge in [0.25, 0.3) is 0 Å². The highest BCUT2D eigenvalue weighted by molar-refractivity contribution is 5.35. The molecule has 1 rings (SSSR count). The number of nitrogens with one attached hydrogen (secondary N) is 1. The van der Waals surface area contributed by atoms with Gasteiger partial charge in [0.15, 0.2) is 0 Å². The molecule has 0 aliphatic carbocycles. The highest BCUT2D eigenvalue weighted by Gasteiger charge is 2.04. The maximum atomic E-state index is 4.59. The first kappa shape index (κ1) is 12.9. The molecule has 0 saturated heterocycles. The molecular weight excluding hydrogens is 198 g/mol. The summed E-state index contributed by atoms with van der Waals surface area (Å²) in [5.41, 5.74) is 1.15. The van der Waals surface area contributed by atoms with Crippen LogP contribution in [0.25, 0.3) is 0 Å². The monoisotopic (exact) mass is 221 g/mol. The summed E-state index contributed by atoms with van der Waals surface area (Å²) in [4.78, 5) is 9.08. The van der Waals surface area contributed by atoms with Crippen LogP contribution in [-0.2, 0) is 12.8 Å². The quantitative estimate of drug-likeness (QED) is 0.802. The predicted molar refractivity (Wildman–Crippen MR) is 68.7 cm³/mol. The van der Waals surface area contributed by atoms with Gasteiger partial charge in [-0.25, -0.2) is 9.97 Å². The van der Waals surface area contributed by atoms with Crippen LogP contribution in [0.2, 0.25) is 0 Å². The number of anilines is 1. The van der Waals surface area contributed by atoms with Crippen molar-refractivity contribution in [1.29, 1.82) is 0 Å². The van der Waals surface area contributed by atoms with Crippen molar-refractivity contribution in [2.45, 2.75) is 46.5 Å². The molecule has 3 nitrogen and oxygen atoms in total. The molecule has 0 bridgehead atoms. The minimum atomic E-state index is 0.705. The topological polar surface area (TPSA) is 37.8 Å². The third-order valence-electron chi connectivity index (χ3n) is 2.53. The van der Waals surface area contributed by atoms with Crippen LogP contribution in [0.4, 0.5) is 5.82 Å². The molecule has 0 aromatic carbocycles. The molecule has 0 unspecified atom stereocenters. The minimum absolute atomic E-state index is 0.705. The van der Waals surface area contributed by atoms with Crippen LogP contribution in [0.5, 0.6) is 0 Å². The maximum absolute atomic E-state index is 4.59. The second kappa shape index (κ2) is 6.46. The largest absolute Gasteiger partial charge is 0.373 e. The molecule has 90 valence electrons. The molecule has 1 heterocycles. The average molecular weight is 221 g/mol. The van der Waals surface area contributed by atoms with Crippen LogP contribution >= 0.6 is 0 Å². The van der Waals surface area contributed by atoms with Gasteiger partial charge in [0.2, 0.25) is 0 Å². The molecule has 0 spiro atoms. The van der Waals surface area contributed by atoms with Crippen LogP contribution in [0, 0.1) is 5.92 Å². The molecule has 0 fully saturated rings. The summed E-state index contributed by atoms with van der Waals surface area (Å²) in [5.74, 6) is 2.62. The van der Waals surface area contributed by atoms with Crippen LogP contribution in [0.1, 0.15) is 45.1 Å². The number of hydrogen-bond donors (Lipinski definition) is 1. The van der Waals surface area contributed by atoms with E-state index in [4.69, 9.17) is 0 Å². The van der Waals surface area contributed by atoms with E-state index in [9.17, 15) is 0 Å². The summed E-state index contributed by atoms with van der Waals surface area (Å²) in [6.45, 7) is 6.64. The Hall–Kier alpha value is -1.12. The lowest BCUT2D eigenvalue weighted by Crippen LogP contribution is -2.05. The standard InChI is InChI=1S/C13H23N3/c1-5-6-11-9-13(14-4)16-12(15-11)8-7-10(2)3/h9-10H,5-8H2,1-4H3,(H,14,15,16). The Morgan fingerprint density at radius 2 is 2.00 bits per heavy atom. The van der Waals surface area contributed by atoms with E-state index >= 15 is 0 Å². The van der Waals surface area contributed by atoms with Gasteiger partial charge in [-0.05, 0) is 18.8 Å². The fourth-order valence-corrected chi connectivity index (χ4v) is 1.59. The Labute approximate surface area is 98.7 Å². The lowest BCUT2D eigenvalue weighted by Gasteiger charge is -2.08. The molecule has 0 atom stereocenters. The van der Waals surface area contributed by atoms with Crippen molar-refractivity contribution in [3.05, 3.63) is 17.6 Å². The highest BCUT2D eigenvalue weighted by atomic mass is 15.0. The van der Waals surface area contributed by atoms with Crippen molar-refractivity contribution >= 4 is 5.82 Å². The number of aromatic nitrogens is 2. The van der Waals surface area contributed by atoms with Gasteiger partial charge < -0.3 is 5.32 Å². The second-order valence-corrected chi connectivity index (χ2v) is 4.59. The molecule has 16 heavy (non-hydrogen) atoms. The summed E-state index contributed by atoms with van der Waals surface area (Å²) in [6.07, 6.45) is 4.29. The van der Waals surface area contributed by atoms with E-state index in [0.29, 0.717) is 5.92 Å². The van der Waals surface area contributed by atoms with Crippen molar-refractivity contribution in [3.63, 3.8) is 0 Å². The number of hydrogen-bond acceptors (Lipinski definition) is 3. The van der Waals surface area contributed by atoms with E-state index in [1.165, 1.54) is 0 Å². The smallest absolute Gasteiger partial charge is 0.131 e. The molecule has 0 saturated carbocycles. The zero-order valence-electron chi connectivity index (χ0n) is 10.9. The number of rotatable bonds is 6. The Balaban J connectivity index is 2.77.